The molecule has 0 radical (unpaired) electrons. The van der Waals surface area contributed by atoms with Crippen molar-refractivity contribution in [3.63, 3.8) is 0 Å². The summed E-state index contributed by atoms with van der Waals surface area (Å²) in [5, 5.41) is 23.4. The van der Waals surface area contributed by atoms with Crippen molar-refractivity contribution in [3.8, 4) is 0 Å². The molecule has 6 N–H and O–H groups in total. The first-order valence-corrected chi connectivity index (χ1v) is 10.1. The number of rotatable bonds is 10. The quantitative estimate of drug-likeness (QED) is 0.283. The van der Waals surface area contributed by atoms with Crippen molar-refractivity contribution in [2.24, 2.45) is 5.73 Å². The fraction of sp³-hybridized carbons (Fsp3) is 0.750. The van der Waals surface area contributed by atoms with Gasteiger partial charge in [-0.25, -0.2) is 4.79 Å². The maximum atomic E-state index is 12.3. The van der Waals surface area contributed by atoms with Gasteiger partial charge in [-0.05, 0) is 38.2 Å². The Hall–Kier alpha value is -1.85. The molecule has 10 nitrogen and oxygen atoms in total. The van der Waals surface area contributed by atoms with E-state index in [-0.39, 0.29) is 13.0 Å². The number of thioether (sulfide) groups is 1. The molecule has 0 spiro atoms. The summed E-state index contributed by atoms with van der Waals surface area (Å²) < 4.78 is 0. The molecule has 4 unspecified atom stereocenters. The van der Waals surface area contributed by atoms with E-state index >= 15 is 0 Å². The lowest BCUT2D eigenvalue weighted by Crippen LogP contribution is -2.55. The van der Waals surface area contributed by atoms with E-state index in [1.807, 2.05) is 6.26 Å². The third kappa shape index (κ3) is 7.00. The predicted molar refractivity (Wildman–Crippen MR) is 100.0 cm³/mol. The maximum absolute atomic E-state index is 12.3. The summed E-state index contributed by atoms with van der Waals surface area (Å²) in [4.78, 5) is 49.0. The van der Waals surface area contributed by atoms with Gasteiger partial charge in [-0.3, -0.25) is 14.4 Å². The van der Waals surface area contributed by atoms with Gasteiger partial charge in [0.2, 0.25) is 17.7 Å². The Morgan fingerprint density at radius 1 is 1.33 bits per heavy atom. The highest BCUT2D eigenvalue weighted by atomic mass is 32.2. The van der Waals surface area contributed by atoms with Crippen LogP contribution in [0.5, 0.6) is 0 Å². The van der Waals surface area contributed by atoms with Crippen LogP contribution in [-0.2, 0) is 19.2 Å². The van der Waals surface area contributed by atoms with E-state index in [9.17, 15) is 24.3 Å². The SMILES string of the molecule is CSCCC(NC(=O)CNC(=O)C1CCCN1C(=O)C(N)C(C)O)C(=O)O. The Labute approximate surface area is 162 Å². The molecule has 0 aliphatic carbocycles. The lowest BCUT2D eigenvalue weighted by atomic mass is 10.1. The van der Waals surface area contributed by atoms with Gasteiger partial charge in [0, 0.05) is 6.54 Å². The van der Waals surface area contributed by atoms with Gasteiger partial charge in [0.25, 0.3) is 0 Å². The summed E-state index contributed by atoms with van der Waals surface area (Å²) in [6.45, 7) is 1.36. The van der Waals surface area contributed by atoms with Gasteiger partial charge >= 0.3 is 5.97 Å². The fourth-order valence-electron chi connectivity index (χ4n) is 2.72. The lowest BCUT2D eigenvalue weighted by Gasteiger charge is -2.27. The van der Waals surface area contributed by atoms with Crippen LogP contribution in [0.4, 0.5) is 0 Å². The number of nitrogens with zero attached hydrogens (tertiary/aromatic N) is 1. The highest BCUT2D eigenvalue weighted by Crippen LogP contribution is 2.18. The third-order valence-electron chi connectivity index (χ3n) is 4.31. The molecule has 27 heavy (non-hydrogen) atoms. The fourth-order valence-corrected chi connectivity index (χ4v) is 3.20. The van der Waals surface area contributed by atoms with E-state index in [0.29, 0.717) is 25.1 Å². The van der Waals surface area contributed by atoms with Crippen molar-refractivity contribution in [2.75, 3.05) is 25.1 Å². The van der Waals surface area contributed by atoms with Gasteiger partial charge in [0.05, 0.1) is 12.6 Å². The average Bonchev–Trinajstić information content (AvgIpc) is 3.11. The Kier molecular flexibility index (Phi) is 9.53. The molecule has 0 aromatic rings. The van der Waals surface area contributed by atoms with Crippen LogP contribution in [0.25, 0.3) is 0 Å². The van der Waals surface area contributed by atoms with Gasteiger partial charge in [0.15, 0.2) is 0 Å². The number of amides is 3. The van der Waals surface area contributed by atoms with Crippen LogP contribution in [0.15, 0.2) is 0 Å². The van der Waals surface area contributed by atoms with E-state index in [0.717, 1.165) is 0 Å². The molecule has 3 amide bonds. The summed E-state index contributed by atoms with van der Waals surface area (Å²) in [5.74, 6) is -2.21. The zero-order chi connectivity index (χ0) is 20.6. The van der Waals surface area contributed by atoms with Gasteiger partial charge in [0.1, 0.15) is 18.1 Å². The first kappa shape index (κ1) is 23.2. The van der Waals surface area contributed by atoms with Crippen molar-refractivity contribution >= 4 is 35.5 Å². The van der Waals surface area contributed by atoms with Crippen LogP contribution < -0.4 is 16.4 Å². The first-order valence-electron chi connectivity index (χ1n) is 8.72. The Bertz CT molecular complexity index is 559. The van der Waals surface area contributed by atoms with Gasteiger partial charge < -0.3 is 31.5 Å². The number of aliphatic carboxylic acids is 1. The Morgan fingerprint density at radius 2 is 2.00 bits per heavy atom. The van der Waals surface area contributed by atoms with Crippen LogP contribution >= 0.6 is 11.8 Å². The van der Waals surface area contributed by atoms with Crippen molar-refractivity contribution in [3.05, 3.63) is 0 Å². The largest absolute Gasteiger partial charge is 0.480 e. The zero-order valence-corrected chi connectivity index (χ0v) is 16.3. The molecular formula is C16H28N4O6S. The summed E-state index contributed by atoms with van der Waals surface area (Å²) in [6.07, 6.45) is 2.11. The lowest BCUT2D eigenvalue weighted by molar-refractivity contribution is -0.142. The molecule has 1 aliphatic heterocycles. The number of carbonyl (C=O) groups is 4. The molecule has 0 bridgehead atoms. The third-order valence-corrected chi connectivity index (χ3v) is 4.95. The molecule has 4 atom stereocenters. The van der Waals surface area contributed by atoms with Crippen molar-refractivity contribution in [1.82, 2.24) is 15.5 Å². The number of hydrogen-bond donors (Lipinski definition) is 5. The number of carboxylic acids is 1. The Morgan fingerprint density at radius 3 is 2.56 bits per heavy atom. The summed E-state index contributed by atoms with van der Waals surface area (Å²) in [6, 6.07) is -2.90. The molecule has 1 fully saturated rings. The molecule has 0 aromatic carbocycles. The maximum Gasteiger partial charge on any atom is 0.326 e. The first-order chi connectivity index (χ1) is 12.7. The molecule has 1 saturated heterocycles. The Balaban J connectivity index is 2.56. The number of aliphatic hydroxyl groups excluding tert-OH is 1. The van der Waals surface area contributed by atoms with Gasteiger partial charge in [-0.1, -0.05) is 0 Å². The molecule has 0 saturated carbocycles. The standard InChI is InChI=1S/C16H28N4O6S/c1-9(21)13(17)15(24)20-6-3-4-11(20)14(23)18-8-12(22)19-10(16(25)26)5-7-27-2/h9-11,13,21H,3-8,17H2,1-2H3,(H,18,23)(H,19,22)(H,25,26). The minimum atomic E-state index is -1.14. The summed E-state index contributed by atoms with van der Waals surface area (Å²) >= 11 is 1.47. The van der Waals surface area contributed by atoms with Crippen molar-refractivity contribution in [1.29, 1.82) is 0 Å². The molecule has 1 heterocycles. The van der Waals surface area contributed by atoms with E-state index in [1.54, 1.807) is 0 Å². The molecular weight excluding hydrogens is 376 g/mol. The highest BCUT2D eigenvalue weighted by Gasteiger charge is 2.37. The van der Waals surface area contributed by atoms with Crippen LogP contribution in [0.3, 0.4) is 0 Å². The number of likely N-dealkylation sites (tertiary alicyclic amines) is 1. The number of carboxylic acid groups (broad SMARTS) is 1. The smallest absolute Gasteiger partial charge is 0.326 e. The number of aliphatic hydroxyl groups is 1. The number of hydrogen-bond acceptors (Lipinski definition) is 7. The number of nitrogens with one attached hydrogen (secondary N) is 2. The summed E-state index contributed by atoms with van der Waals surface area (Å²) in [7, 11) is 0. The topological polar surface area (TPSA) is 162 Å². The number of carbonyl (C=O) groups excluding carboxylic acids is 3. The van der Waals surface area contributed by atoms with Crippen molar-refractivity contribution in [2.45, 2.75) is 50.4 Å². The van der Waals surface area contributed by atoms with Crippen LogP contribution in [-0.4, -0.2) is 88.1 Å². The molecule has 1 rings (SSSR count). The minimum Gasteiger partial charge on any atom is -0.480 e. The zero-order valence-electron chi connectivity index (χ0n) is 15.5. The van der Waals surface area contributed by atoms with E-state index < -0.39 is 47.9 Å². The van der Waals surface area contributed by atoms with Crippen LogP contribution in [0, 0.1) is 0 Å². The van der Waals surface area contributed by atoms with Gasteiger partial charge in [-0.15, -0.1) is 0 Å². The van der Waals surface area contributed by atoms with Crippen LogP contribution in [0.1, 0.15) is 26.2 Å². The predicted octanol–water partition coefficient (Wildman–Crippen LogP) is -1.88. The second-order valence-electron chi connectivity index (χ2n) is 6.41. The highest BCUT2D eigenvalue weighted by molar-refractivity contribution is 7.98. The second-order valence-corrected chi connectivity index (χ2v) is 7.40. The second kappa shape index (κ2) is 11.1. The molecule has 0 aromatic heterocycles. The van der Waals surface area contributed by atoms with Crippen molar-refractivity contribution < 1.29 is 29.4 Å². The van der Waals surface area contributed by atoms with E-state index in [1.165, 1.54) is 23.6 Å². The molecule has 1 aliphatic rings. The minimum absolute atomic E-state index is 0.276. The normalized spacial score (nSPS) is 19.9. The summed E-state index contributed by atoms with van der Waals surface area (Å²) in [5.41, 5.74) is 5.65. The molecule has 154 valence electrons. The van der Waals surface area contributed by atoms with Gasteiger partial charge in [-0.2, -0.15) is 11.8 Å². The molecule has 11 heteroatoms. The van der Waals surface area contributed by atoms with E-state index in [2.05, 4.69) is 10.6 Å². The van der Waals surface area contributed by atoms with Crippen LogP contribution in [0.2, 0.25) is 0 Å². The van der Waals surface area contributed by atoms with E-state index in [4.69, 9.17) is 10.8 Å². The average molecular weight is 404 g/mol. The number of nitrogens with two attached hydrogens (primary N) is 1. The monoisotopic (exact) mass is 404 g/mol.